The third-order valence-electron chi connectivity index (χ3n) is 4.41. The maximum Gasteiger partial charge on any atom is 0.306 e. The van der Waals surface area contributed by atoms with Gasteiger partial charge in [0.1, 0.15) is 0 Å². The van der Waals surface area contributed by atoms with Crippen LogP contribution in [0.25, 0.3) is 0 Å². The molecule has 0 radical (unpaired) electrons. The number of carbonyl (C=O) groups excluding carboxylic acids is 2. The monoisotopic (exact) mass is 310 g/mol. The van der Waals surface area contributed by atoms with Crippen LogP contribution in [0, 0.1) is 11.3 Å². The number of nitrogens with zero attached hydrogens (tertiary/aromatic N) is 1. The summed E-state index contributed by atoms with van der Waals surface area (Å²) in [6, 6.07) is 0.791. The second kappa shape index (κ2) is 6.99. The number of rotatable bonds is 5. The summed E-state index contributed by atoms with van der Waals surface area (Å²) in [6.45, 7) is 9.92. The zero-order valence-corrected chi connectivity index (χ0v) is 14.4. The highest BCUT2D eigenvalue weighted by molar-refractivity contribution is 5.81. The molecule has 5 heteroatoms. The number of amides is 1. The van der Waals surface area contributed by atoms with E-state index in [2.05, 4.69) is 10.2 Å². The Morgan fingerprint density at radius 2 is 1.91 bits per heavy atom. The Morgan fingerprint density at radius 3 is 2.45 bits per heavy atom. The molecule has 1 aliphatic carbocycles. The number of likely N-dealkylation sites (tertiary alicyclic amines) is 1. The average Bonchev–Trinajstić information content (AvgIpc) is 3.21. The first kappa shape index (κ1) is 17.3. The van der Waals surface area contributed by atoms with E-state index in [1.165, 1.54) is 12.8 Å². The second-order valence-corrected chi connectivity index (χ2v) is 7.72. The van der Waals surface area contributed by atoms with Crippen molar-refractivity contribution in [3.05, 3.63) is 0 Å². The van der Waals surface area contributed by atoms with Crippen LogP contribution in [-0.4, -0.2) is 48.6 Å². The topological polar surface area (TPSA) is 58.6 Å². The fraction of sp³-hybridized carbons (Fsp3) is 0.882. The summed E-state index contributed by atoms with van der Waals surface area (Å²) in [6.07, 6.45) is 3.81. The molecule has 126 valence electrons. The predicted molar refractivity (Wildman–Crippen MR) is 85.3 cm³/mol. The van der Waals surface area contributed by atoms with Crippen molar-refractivity contribution >= 4 is 11.9 Å². The fourth-order valence-electron chi connectivity index (χ4n) is 3.09. The molecule has 2 unspecified atom stereocenters. The molecule has 22 heavy (non-hydrogen) atoms. The molecule has 1 saturated heterocycles. The maximum absolute atomic E-state index is 12.2. The first-order chi connectivity index (χ1) is 10.3. The van der Waals surface area contributed by atoms with Crippen molar-refractivity contribution in [3.63, 3.8) is 0 Å². The molecule has 2 fully saturated rings. The number of nitrogens with one attached hydrogen (secondary N) is 1. The van der Waals surface area contributed by atoms with Gasteiger partial charge in [-0.15, -0.1) is 0 Å². The molecule has 0 aromatic carbocycles. The van der Waals surface area contributed by atoms with Crippen LogP contribution in [0.15, 0.2) is 0 Å². The number of hydrogen-bond acceptors (Lipinski definition) is 4. The highest BCUT2D eigenvalue weighted by atomic mass is 16.5. The van der Waals surface area contributed by atoms with Gasteiger partial charge >= 0.3 is 5.97 Å². The lowest BCUT2D eigenvalue weighted by Crippen LogP contribution is -2.53. The molecule has 2 rings (SSSR count). The number of esters is 1. The molecule has 1 saturated carbocycles. The van der Waals surface area contributed by atoms with Gasteiger partial charge in [0.25, 0.3) is 0 Å². The van der Waals surface area contributed by atoms with Gasteiger partial charge in [0.15, 0.2) is 0 Å². The number of piperidine rings is 1. The largest absolute Gasteiger partial charge is 0.466 e. The van der Waals surface area contributed by atoms with Crippen LogP contribution in [0.3, 0.4) is 0 Å². The molecule has 1 aliphatic heterocycles. The molecule has 0 aromatic rings. The third kappa shape index (κ3) is 4.97. The highest BCUT2D eigenvalue weighted by Crippen LogP contribution is 2.32. The van der Waals surface area contributed by atoms with E-state index in [0.717, 1.165) is 19.5 Å². The Balaban J connectivity index is 1.94. The molecule has 0 spiro atoms. The Morgan fingerprint density at radius 1 is 1.23 bits per heavy atom. The highest BCUT2D eigenvalue weighted by Gasteiger charge is 2.38. The van der Waals surface area contributed by atoms with Crippen molar-refractivity contribution in [2.24, 2.45) is 11.3 Å². The van der Waals surface area contributed by atoms with Crippen molar-refractivity contribution in [2.75, 3.05) is 19.7 Å². The van der Waals surface area contributed by atoms with Gasteiger partial charge in [0.05, 0.1) is 6.61 Å². The normalized spacial score (nSPS) is 26.5. The van der Waals surface area contributed by atoms with Crippen molar-refractivity contribution < 1.29 is 14.3 Å². The van der Waals surface area contributed by atoms with Crippen LogP contribution in [0.5, 0.6) is 0 Å². The van der Waals surface area contributed by atoms with Gasteiger partial charge in [-0.05, 0) is 32.1 Å². The Kier molecular flexibility index (Phi) is 5.48. The number of ether oxygens (including phenoxy) is 1. The first-order valence-corrected chi connectivity index (χ1v) is 8.50. The van der Waals surface area contributed by atoms with E-state index in [1.54, 1.807) is 0 Å². The average molecular weight is 310 g/mol. The van der Waals surface area contributed by atoms with Crippen LogP contribution in [0.2, 0.25) is 0 Å². The summed E-state index contributed by atoms with van der Waals surface area (Å²) >= 11 is 0. The molecule has 1 amide bonds. The van der Waals surface area contributed by atoms with Crippen LogP contribution >= 0.6 is 0 Å². The lowest BCUT2D eigenvalue weighted by molar-refractivity contribution is -0.144. The molecule has 1 N–H and O–H groups in total. The van der Waals surface area contributed by atoms with Crippen molar-refractivity contribution in [3.8, 4) is 0 Å². The van der Waals surface area contributed by atoms with Gasteiger partial charge in [0, 0.05) is 37.0 Å². The molecule has 2 atom stereocenters. The Bertz CT molecular complexity index is 413. The lowest BCUT2D eigenvalue weighted by atomic mass is 9.89. The van der Waals surface area contributed by atoms with Crippen LogP contribution in [0.1, 0.15) is 53.4 Å². The number of carbonyl (C=O) groups is 2. The quantitative estimate of drug-likeness (QED) is 0.789. The van der Waals surface area contributed by atoms with Gasteiger partial charge in [-0.2, -0.15) is 0 Å². The van der Waals surface area contributed by atoms with Crippen LogP contribution in [0.4, 0.5) is 0 Å². The molecule has 2 aliphatic rings. The fourth-order valence-corrected chi connectivity index (χ4v) is 3.09. The first-order valence-electron chi connectivity index (χ1n) is 8.50. The van der Waals surface area contributed by atoms with E-state index in [9.17, 15) is 9.59 Å². The summed E-state index contributed by atoms with van der Waals surface area (Å²) in [7, 11) is 0. The third-order valence-corrected chi connectivity index (χ3v) is 4.41. The lowest BCUT2D eigenvalue weighted by Gasteiger charge is -2.39. The summed E-state index contributed by atoms with van der Waals surface area (Å²) in [5, 5.41) is 3.17. The zero-order valence-electron chi connectivity index (χ0n) is 14.4. The number of hydrogen-bond donors (Lipinski definition) is 1. The maximum atomic E-state index is 12.2. The van der Waals surface area contributed by atoms with Gasteiger partial charge in [0.2, 0.25) is 5.91 Å². The van der Waals surface area contributed by atoms with Gasteiger partial charge in [-0.3, -0.25) is 14.5 Å². The van der Waals surface area contributed by atoms with Crippen molar-refractivity contribution in [1.29, 1.82) is 0 Å². The molecular weight excluding hydrogens is 280 g/mol. The van der Waals surface area contributed by atoms with Crippen LogP contribution < -0.4 is 5.32 Å². The minimum Gasteiger partial charge on any atom is -0.466 e. The van der Waals surface area contributed by atoms with E-state index in [0.29, 0.717) is 19.1 Å². The van der Waals surface area contributed by atoms with Crippen LogP contribution in [-0.2, 0) is 14.3 Å². The molecule has 5 nitrogen and oxygen atoms in total. The van der Waals surface area contributed by atoms with E-state index in [4.69, 9.17) is 4.74 Å². The van der Waals surface area contributed by atoms with Crippen molar-refractivity contribution in [2.45, 2.75) is 65.5 Å². The molecule has 0 aromatic heterocycles. The van der Waals surface area contributed by atoms with E-state index >= 15 is 0 Å². The van der Waals surface area contributed by atoms with E-state index in [-0.39, 0.29) is 29.3 Å². The standard InChI is InChI=1S/C17H30N2O3/c1-5-22-15(20)9-12-8-13(18-16(21)17(2,3)4)11-19(10-12)14-6-7-14/h12-14H,5-11H2,1-4H3,(H,18,21). The molecular formula is C17H30N2O3. The summed E-state index contributed by atoms with van der Waals surface area (Å²) in [5.41, 5.74) is -0.376. The Hall–Kier alpha value is -1.10. The zero-order chi connectivity index (χ0) is 16.3. The van der Waals surface area contributed by atoms with Gasteiger partial charge in [-0.25, -0.2) is 0 Å². The van der Waals surface area contributed by atoms with Gasteiger partial charge < -0.3 is 10.1 Å². The van der Waals surface area contributed by atoms with Gasteiger partial charge in [-0.1, -0.05) is 20.8 Å². The smallest absolute Gasteiger partial charge is 0.306 e. The summed E-state index contributed by atoms with van der Waals surface area (Å²) in [4.78, 5) is 26.4. The molecule has 1 heterocycles. The summed E-state index contributed by atoms with van der Waals surface area (Å²) in [5.74, 6) is 0.245. The van der Waals surface area contributed by atoms with Crippen molar-refractivity contribution in [1.82, 2.24) is 10.2 Å². The summed E-state index contributed by atoms with van der Waals surface area (Å²) < 4.78 is 5.08. The minimum absolute atomic E-state index is 0.0880. The SMILES string of the molecule is CCOC(=O)CC1CC(NC(=O)C(C)(C)C)CN(C2CC2)C1. The second-order valence-electron chi connectivity index (χ2n) is 7.72. The Labute approximate surface area is 133 Å². The van der Waals surface area contributed by atoms with E-state index < -0.39 is 0 Å². The minimum atomic E-state index is -0.376. The predicted octanol–water partition coefficient (Wildman–Crippen LogP) is 1.95. The molecule has 0 bridgehead atoms. The van der Waals surface area contributed by atoms with E-state index in [1.807, 2.05) is 27.7 Å².